The van der Waals surface area contributed by atoms with Crippen LogP contribution < -0.4 is 0 Å². The Kier molecular flexibility index (Phi) is 4.62. The topological polar surface area (TPSA) is 42.3 Å². The number of carbonyl (C=O) groups excluding carboxylic acids is 2. The van der Waals surface area contributed by atoms with Crippen LogP contribution in [0.25, 0.3) is 17.0 Å². The number of hydrogen-bond donors (Lipinski definition) is 0. The van der Waals surface area contributed by atoms with E-state index in [0.717, 1.165) is 40.5 Å². The molecule has 1 aliphatic rings. The van der Waals surface area contributed by atoms with Crippen molar-refractivity contribution in [3.63, 3.8) is 0 Å². The maximum absolute atomic E-state index is 12.5. The molecule has 2 heterocycles. The lowest BCUT2D eigenvalue weighted by Crippen LogP contribution is -2.27. The molecule has 0 radical (unpaired) electrons. The van der Waals surface area contributed by atoms with Crippen LogP contribution in [0.3, 0.4) is 0 Å². The Hall–Kier alpha value is -2.79. The van der Waals surface area contributed by atoms with Gasteiger partial charge in [0.25, 0.3) is 11.1 Å². The van der Waals surface area contributed by atoms with E-state index in [1.54, 1.807) is 0 Å². The average molecular weight is 376 g/mol. The standard InChI is InChI=1S/C22H20N2O2S/c1-3-23-21(25)20(27-22(23)26)13-18-15(2)24(14-16-9-5-4-6-10-16)19-12-8-7-11-17(18)19/h4-13H,3,14H2,1-2H3/b20-13+. The van der Waals surface area contributed by atoms with E-state index in [1.807, 2.05) is 43.3 Å². The van der Waals surface area contributed by atoms with Crippen LogP contribution in [0.5, 0.6) is 0 Å². The lowest BCUT2D eigenvalue weighted by Gasteiger charge is -2.09. The van der Waals surface area contributed by atoms with Crippen molar-refractivity contribution < 1.29 is 9.59 Å². The van der Waals surface area contributed by atoms with Crippen molar-refractivity contribution in [3.05, 3.63) is 76.3 Å². The fraction of sp³-hybridized carbons (Fsp3) is 0.182. The number of amides is 2. The zero-order valence-electron chi connectivity index (χ0n) is 15.3. The zero-order chi connectivity index (χ0) is 19.0. The highest BCUT2D eigenvalue weighted by Crippen LogP contribution is 2.35. The van der Waals surface area contributed by atoms with Gasteiger partial charge in [0.05, 0.1) is 4.91 Å². The van der Waals surface area contributed by atoms with Gasteiger partial charge in [0, 0.05) is 35.2 Å². The Morgan fingerprint density at radius 3 is 2.41 bits per heavy atom. The molecular formula is C22H20N2O2S. The quantitative estimate of drug-likeness (QED) is 0.598. The first-order valence-corrected chi connectivity index (χ1v) is 9.79. The predicted molar refractivity (Wildman–Crippen MR) is 111 cm³/mol. The van der Waals surface area contributed by atoms with Crippen molar-refractivity contribution in [1.29, 1.82) is 0 Å². The summed E-state index contributed by atoms with van der Waals surface area (Å²) in [6.07, 6.45) is 1.87. The molecular weight excluding hydrogens is 356 g/mol. The highest BCUT2D eigenvalue weighted by Gasteiger charge is 2.34. The summed E-state index contributed by atoms with van der Waals surface area (Å²) in [4.78, 5) is 26.3. The molecule has 136 valence electrons. The Morgan fingerprint density at radius 2 is 1.70 bits per heavy atom. The van der Waals surface area contributed by atoms with Crippen LogP contribution in [0.1, 0.15) is 23.7 Å². The number of carbonyl (C=O) groups is 2. The monoisotopic (exact) mass is 376 g/mol. The van der Waals surface area contributed by atoms with Crippen LogP contribution in [0, 0.1) is 6.92 Å². The van der Waals surface area contributed by atoms with Gasteiger partial charge in [-0.2, -0.15) is 0 Å². The number of hydrogen-bond acceptors (Lipinski definition) is 3. The van der Waals surface area contributed by atoms with E-state index >= 15 is 0 Å². The molecule has 5 heteroatoms. The van der Waals surface area contributed by atoms with E-state index in [9.17, 15) is 9.59 Å². The summed E-state index contributed by atoms with van der Waals surface area (Å²) in [5, 5.41) is 0.897. The van der Waals surface area contributed by atoms with Crippen molar-refractivity contribution in [2.24, 2.45) is 0 Å². The molecule has 3 aromatic rings. The number of imide groups is 1. The number of para-hydroxylation sites is 1. The van der Waals surface area contributed by atoms with Gasteiger partial charge in [-0.3, -0.25) is 14.5 Å². The number of nitrogens with zero attached hydrogens (tertiary/aromatic N) is 2. The highest BCUT2D eigenvalue weighted by molar-refractivity contribution is 8.18. The fourth-order valence-electron chi connectivity index (χ4n) is 3.51. The van der Waals surface area contributed by atoms with Gasteiger partial charge in [-0.15, -0.1) is 0 Å². The lowest BCUT2D eigenvalue weighted by molar-refractivity contribution is -0.122. The minimum Gasteiger partial charge on any atom is -0.340 e. The van der Waals surface area contributed by atoms with Gasteiger partial charge in [-0.25, -0.2) is 0 Å². The first-order chi connectivity index (χ1) is 13.1. The van der Waals surface area contributed by atoms with E-state index < -0.39 is 0 Å². The molecule has 0 atom stereocenters. The Bertz CT molecular complexity index is 1070. The SMILES string of the molecule is CCN1C(=O)S/C(=C/c2c(C)n(Cc3ccccc3)c3ccccc23)C1=O. The number of fused-ring (bicyclic) bond motifs is 1. The normalized spacial score (nSPS) is 16.1. The summed E-state index contributed by atoms with van der Waals surface area (Å²) in [5.41, 5.74) is 4.44. The van der Waals surface area contributed by atoms with Crippen LogP contribution in [0.15, 0.2) is 59.5 Å². The van der Waals surface area contributed by atoms with Crippen LogP contribution in [-0.4, -0.2) is 27.2 Å². The molecule has 2 amide bonds. The van der Waals surface area contributed by atoms with Crippen LogP contribution in [0.2, 0.25) is 0 Å². The molecule has 4 rings (SSSR count). The van der Waals surface area contributed by atoms with Gasteiger partial charge in [0.2, 0.25) is 0 Å². The molecule has 1 aromatic heterocycles. The van der Waals surface area contributed by atoms with Gasteiger partial charge in [-0.05, 0) is 43.3 Å². The molecule has 0 spiro atoms. The van der Waals surface area contributed by atoms with Crippen LogP contribution >= 0.6 is 11.8 Å². The third-order valence-corrected chi connectivity index (χ3v) is 5.84. The number of thioether (sulfide) groups is 1. The summed E-state index contributed by atoms with van der Waals surface area (Å²) in [5.74, 6) is -0.202. The maximum atomic E-state index is 12.5. The summed E-state index contributed by atoms with van der Waals surface area (Å²) >= 11 is 1.02. The van der Waals surface area contributed by atoms with Crippen LogP contribution in [0.4, 0.5) is 4.79 Å². The second-order valence-corrected chi connectivity index (χ2v) is 7.51. The molecule has 0 bridgehead atoms. The highest BCUT2D eigenvalue weighted by atomic mass is 32.2. The molecule has 2 aromatic carbocycles. The summed E-state index contributed by atoms with van der Waals surface area (Å²) in [7, 11) is 0. The Balaban J connectivity index is 1.83. The third-order valence-electron chi connectivity index (χ3n) is 4.93. The summed E-state index contributed by atoms with van der Waals surface area (Å²) < 4.78 is 2.26. The van der Waals surface area contributed by atoms with Crippen molar-refractivity contribution in [1.82, 2.24) is 9.47 Å². The second-order valence-electron chi connectivity index (χ2n) is 6.51. The molecule has 0 N–H and O–H groups in total. The minimum atomic E-state index is -0.202. The zero-order valence-corrected chi connectivity index (χ0v) is 16.1. The van der Waals surface area contributed by atoms with Gasteiger partial charge in [0.15, 0.2) is 0 Å². The summed E-state index contributed by atoms with van der Waals surface area (Å²) in [6, 6.07) is 18.5. The molecule has 0 unspecified atom stereocenters. The molecule has 4 nitrogen and oxygen atoms in total. The summed E-state index contributed by atoms with van der Waals surface area (Å²) in [6.45, 7) is 5.04. The molecule has 0 aliphatic carbocycles. The van der Waals surface area contributed by atoms with Gasteiger partial charge >= 0.3 is 0 Å². The molecule has 27 heavy (non-hydrogen) atoms. The Morgan fingerprint density at radius 1 is 1.00 bits per heavy atom. The van der Waals surface area contributed by atoms with Crippen molar-refractivity contribution >= 4 is 39.9 Å². The van der Waals surface area contributed by atoms with E-state index in [4.69, 9.17) is 0 Å². The van der Waals surface area contributed by atoms with Crippen molar-refractivity contribution in [2.45, 2.75) is 20.4 Å². The minimum absolute atomic E-state index is 0.195. The third kappa shape index (κ3) is 3.08. The number of likely N-dealkylation sites (N-methyl/N-ethyl adjacent to an activating group) is 1. The van der Waals surface area contributed by atoms with E-state index in [2.05, 4.69) is 35.8 Å². The number of rotatable bonds is 4. The molecule has 0 saturated carbocycles. The first-order valence-electron chi connectivity index (χ1n) is 8.97. The Labute approximate surface area is 162 Å². The smallest absolute Gasteiger partial charge is 0.293 e. The molecule has 1 aliphatic heterocycles. The predicted octanol–water partition coefficient (Wildman–Crippen LogP) is 5.05. The van der Waals surface area contributed by atoms with Gasteiger partial charge in [-0.1, -0.05) is 48.5 Å². The fourth-order valence-corrected chi connectivity index (χ4v) is 4.40. The lowest BCUT2D eigenvalue weighted by atomic mass is 10.1. The van der Waals surface area contributed by atoms with Crippen molar-refractivity contribution in [2.75, 3.05) is 6.54 Å². The maximum Gasteiger partial charge on any atom is 0.293 e. The van der Waals surface area contributed by atoms with E-state index in [-0.39, 0.29) is 11.1 Å². The van der Waals surface area contributed by atoms with Gasteiger partial charge in [0.1, 0.15) is 0 Å². The molecule has 1 saturated heterocycles. The van der Waals surface area contributed by atoms with Gasteiger partial charge < -0.3 is 4.57 Å². The first kappa shape index (κ1) is 17.6. The van der Waals surface area contributed by atoms with Crippen molar-refractivity contribution in [3.8, 4) is 0 Å². The average Bonchev–Trinajstić information content (AvgIpc) is 3.11. The molecule has 1 fully saturated rings. The van der Waals surface area contributed by atoms with E-state index in [0.29, 0.717) is 11.4 Å². The van der Waals surface area contributed by atoms with E-state index in [1.165, 1.54) is 10.5 Å². The largest absolute Gasteiger partial charge is 0.340 e. The number of aromatic nitrogens is 1. The second kappa shape index (κ2) is 7.08. The van der Waals surface area contributed by atoms with Crippen LogP contribution in [-0.2, 0) is 11.3 Å². The number of benzene rings is 2.